The summed E-state index contributed by atoms with van der Waals surface area (Å²) in [7, 11) is -0.839. The van der Waals surface area contributed by atoms with Crippen LogP contribution in [0.1, 0.15) is 20.8 Å². The third-order valence-corrected chi connectivity index (χ3v) is 3.79. The van der Waals surface area contributed by atoms with Gasteiger partial charge in [-0.3, -0.25) is 0 Å². The summed E-state index contributed by atoms with van der Waals surface area (Å²) in [6, 6.07) is 26.9. The molecule has 0 atom stereocenters. The Morgan fingerprint density at radius 2 is 1.25 bits per heavy atom. The van der Waals surface area contributed by atoms with Gasteiger partial charge in [0.1, 0.15) is 11.5 Å². The Labute approximate surface area is 147 Å². The molecule has 3 rings (SSSR count). The second-order valence-corrected chi connectivity index (χ2v) is 5.27. The Bertz CT molecular complexity index is 858. The Balaban J connectivity index is 2.11. The van der Waals surface area contributed by atoms with Crippen LogP contribution in [0.5, 0.6) is 5.75 Å². The average Bonchev–Trinajstić information content (AvgIpc) is 2.67. The molecule has 0 aliphatic heterocycles. The maximum atomic E-state index is 7.21. The maximum absolute atomic E-state index is 7.21. The third kappa shape index (κ3) is 3.33. The van der Waals surface area contributed by atoms with E-state index in [0.29, 0.717) is 5.76 Å². The van der Waals surface area contributed by atoms with Crippen molar-refractivity contribution in [1.29, 1.82) is 0 Å². The number of benzene rings is 3. The van der Waals surface area contributed by atoms with E-state index in [0.717, 1.165) is 22.3 Å². The van der Waals surface area contributed by atoms with Crippen molar-refractivity contribution in [3.8, 4) is 5.75 Å². The molecule has 0 aliphatic rings. The molecule has 0 heterocycles. The quantitative estimate of drug-likeness (QED) is 0.472. The minimum atomic E-state index is -2.47. The van der Waals surface area contributed by atoms with E-state index < -0.39 is 7.04 Å². The topological polar surface area (TPSA) is 18.5 Å². The summed E-state index contributed by atoms with van der Waals surface area (Å²) in [6.07, 6.45) is 0. The predicted molar refractivity (Wildman–Crippen MR) is 98.8 cm³/mol. The van der Waals surface area contributed by atoms with Gasteiger partial charge in [-0.2, -0.15) is 0 Å². The Hall–Kier alpha value is -3.00. The molecule has 0 radical (unpaired) electrons. The van der Waals surface area contributed by atoms with Gasteiger partial charge < -0.3 is 9.47 Å². The summed E-state index contributed by atoms with van der Waals surface area (Å²) in [6.45, 7) is 0. The lowest BCUT2D eigenvalue weighted by atomic mass is 9.94. The van der Waals surface area contributed by atoms with Crippen LogP contribution in [0.15, 0.2) is 84.9 Å². The van der Waals surface area contributed by atoms with E-state index in [1.165, 1.54) is 0 Å². The first-order chi connectivity index (χ1) is 13.0. The molecule has 0 saturated heterocycles. The van der Waals surface area contributed by atoms with Gasteiger partial charge in [-0.25, -0.2) is 0 Å². The molecule has 0 saturated carbocycles. The summed E-state index contributed by atoms with van der Waals surface area (Å²) in [5, 5.41) is 0. The predicted octanol–water partition coefficient (Wildman–Crippen LogP) is 5.26. The van der Waals surface area contributed by atoms with E-state index in [1.54, 1.807) is 31.4 Å². The average molecular weight is 319 g/mol. The highest BCUT2D eigenvalue weighted by molar-refractivity contribution is 5.96. The molecule has 0 amide bonds. The van der Waals surface area contributed by atoms with Crippen LogP contribution >= 0.6 is 0 Å². The van der Waals surface area contributed by atoms with Crippen molar-refractivity contribution in [3.05, 3.63) is 102 Å². The fourth-order valence-electron chi connectivity index (χ4n) is 2.68. The van der Waals surface area contributed by atoms with Crippen LogP contribution in [0.25, 0.3) is 11.3 Å². The summed E-state index contributed by atoms with van der Waals surface area (Å²) >= 11 is 0. The van der Waals surface area contributed by atoms with Crippen LogP contribution in [0, 0.1) is 0 Å². The maximum Gasteiger partial charge on any atom is 0.134 e. The summed E-state index contributed by atoms with van der Waals surface area (Å²) in [5.41, 5.74) is 3.85. The second-order valence-electron chi connectivity index (χ2n) is 5.27. The van der Waals surface area contributed by atoms with Crippen LogP contribution in [0.3, 0.4) is 0 Å². The number of hydrogen-bond donors (Lipinski definition) is 0. The highest BCUT2D eigenvalue weighted by atomic mass is 16.5. The van der Waals surface area contributed by atoms with Crippen molar-refractivity contribution in [3.63, 3.8) is 0 Å². The summed E-state index contributed by atoms with van der Waals surface area (Å²) in [5.74, 6) is 0.989. The zero-order valence-electron chi connectivity index (χ0n) is 16.4. The molecule has 2 heteroatoms. The monoisotopic (exact) mass is 319 g/mol. The lowest BCUT2D eigenvalue weighted by Gasteiger charge is -2.16. The Kier molecular flexibility index (Phi) is 3.89. The normalized spacial score (nSPS) is 12.5. The van der Waals surface area contributed by atoms with Crippen molar-refractivity contribution in [2.45, 2.75) is 0 Å². The first kappa shape index (κ1) is 12.4. The second kappa shape index (κ2) is 7.51. The standard InChI is InChI=1S/C22H20O2/c1-23-20-15-13-19(14-16-20)22(24-2)21(17-9-5-3-6-10-17)18-11-7-4-8-12-18/h3-16H,1-2H3/i1D3. The highest BCUT2D eigenvalue weighted by Crippen LogP contribution is 2.33. The van der Waals surface area contributed by atoms with Crippen LogP contribution < -0.4 is 4.74 Å². The van der Waals surface area contributed by atoms with Crippen molar-refractivity contribution in [2.75, 3.05) is 14.1 Å². The van der Waals surface area contributed by atoms with Crippen LogP contribution in [-0.4, -0.2) is 14.1 Å². The fourth-order valence-corrected chi connectivity index (χ4v) is 2.68. The van der Waals surface area contributed by atoms with E-state index in [4.69, 9.17) is 13.6 Å². The van der Waals surface area contributed by atoms with Gasteiger partial charge in [0.15, 0.2) is 0 Å². The van der Waals surface area contributed by atoms with Gasteiger partial charge in [0, 0.05) is 11.1 Å². The smallest absolute Gasteiger partial charge is 0.134 e. The molecule has 0 fully saturated rings. The molecule has 0 N–H and O–H groups in total. The Morgan fingerprint density at radius 1 is 0.708 bits per heavy atom. The number of methoxy groups -OCH3 is 2. The molecular formula is C22H20O2. The van der Waals surface area contributed by atoms with E-state index in [-0.39, 0.29) is 5.75 Å². The fraction of sp³-hybridized carbons (Fsp3) is 0.0909. The van der Waals surface area contributed by atoms with Crippen LogP contribution in [-0.2, 0) is 4.74 Å². The molecule has 120 valence electrons. The van der Waals surface area contributed by atoms with Crippen molar-refractivity contribution < 1.29 is 13.6 Å². The van der Waals surface area contributed by atoms with E-state index >= 15 is 0 Å². The SMILES string of the molecule is [2H]C([2H])([2H])Oc1ccc(C(OC)=C(c2ccccc2)c2ccccc2)cc1. The van der Waals surface area contributed by atoms with Crippen molar-refractivity contribution in [2.24, 2.45) is 0 Å². The third-order valence-electron chi connectivity index (χ3n) is 3.79. The number of ether oxygens (including phenoxy) is 2. The zero-order chi connectivity index (χ0) is 19.3. The molecule has 0 bridgehead atoms. The molecular weight excluding hydrogens is 296 g/mol. The molecule has 0 aliphatic carbocycles. The van der Waals surface area contributed by atoms with E-state index in [1.807, 2.05) is 60.7 Å². The van der Waals surface area contributed by atoms with Gasteiger partial charge in [0.25, 0.3) is 0 Å². The van der Waals surface area contributed by atoms with Crippen molar-refractivity contribution in [1.82, 2.24) is 0 Å². The van der Waals surface area contributed by atoms with Gasteiger partial charge in [0.05, 0.1) is 18.3 Å². The largest absolute Gasteiger partial charge is 0.497 e. The van der Waals surface area contributed by atoms with Crippen LogP contribution in [0.2, 0.25) is 0 Å². The first-order valence-corrected chi connectivity index (χ1v) is 7.66. The molecule has 0 unspecified atom stereocenters. The summed E-state index contributed by atoms with van der Waals surface area (Å²) < 4.78 is 32.4. The minimum Gasteiger partial charge on any atom is -0.497 e. The van der Waals surface area contributed by atoms with Crippen LogP contribution in [0.4, 0.5) is 0 Å². The van der Waals surface area contributed by atoms with Gasteiger partial charge in [0.2, 0.25) is 0 Å². The van der Waals surface area contributed by atoms with Crippen molar-refractivity contribution >= 4 is 11.3 Å². The highest BCUT2D eigenvalue weighted by Gasteiger charge is 2.14. The first-order valence-electron chi connectivity index (χ1n) is 9.16. The number of rotatable bonds is 5. The van der Waals surface area contributed by atoms with Gasteiger partial charge >= 0.3 is 0 Å². The van der Waals surface area contributed by atoms with E-state index in [9.17, 15) is 0 Å². The zero-order valence-corrected chi connectivity index (χ0v) is 13.4. The number of hydrogen-bond acceptors (Lipinski definition) is 2. The molecule has 2 nitrogen and oxygen atoms in total. The van der Waals surface area contributed by atoms with Gasteiger partial charge in [-0.15, -0.1) is 0 Å². The summed E-state index contributed by atoms with van der Waals surface area (Å²) in [4.78, 5) is 0. The Morgan fingerprint density at radius 3 is 1.71 bits per heavy atom. The lowest BCUT2D eigenvalue weighted by Crippen LogP contribution is -1.97. The van der Waals surface area contributed by atoms with Gasteiger partial charge in [-0.05, 0) is 35.4 Å². The van der Waals surface area contributed by atoms with E-state index in [2.05, 4.69) is 0 Å². The molecule has 3 aromatic carbocycles. The molecule has 0 spiro atoms. The lowest BCUT2D eigenvalue weighted by molar-refractivity contribution is 0.371. The van der Waals surface area contributed by atoms with Gasteiger partial charge in [-0.1, -0.05) is 60.7 Å². The molecule has 24 heavy (non-hydrogen) atoms. The molecule has 3 aromatic rings. The minimum absolute atomic E-state index is 0.287. The molecule has 0 aromatic heterocycles.